The SMILES string of the molecule is CON/C=C(\N)C1=CC(OC)C(OC)C(OC)=C1. The molecule has 18 heavy (non-hydrogen) atoms. The highest BCUT2D eigenvalue weighted by Crippen LogP contribution is 2.25. The van der Waals surface area contributed by atoms with E-state index in [4.69, 9.17) is 24.8 Å². The molecule has 0 saturated carbocycles. The molecule has 0 aliphatic heterocycles. The highest BCUT2D eigenvalue weighted by molar-refractivity contribution is 5.43. The fraction of sp³-hybridized carbons (Fsp3) is 0.500. The number of nitrogens with two attached hydrogens (primary N) is 1. The summed E-state index contributed by atoms with van der Waals surface area (Å²) >= 11 is 0. The Balaban J connectivity index is 2.99. The number of ether oxygens (including phenoxy) is 3. The van der Waals surface area contributed by atoms with E-state index in [0.717, 1.165) is 5.57 Å². The molecule has 0 aromatic rings. The van der Waals surface area contributed by atoms with Crippen LogP contribution < -0.4 is 11.2 Å². The third kappa shape index (κ3) is 3.25. The van der Waals surface area contributed by atoms with Crippen LogP contribution in [-0.4, -0.2) is 40.6 Å². The number of hydrogen-bond donors (Lipinski definition) is 2. The summed E-state index contributed by atoms with van der Waals surface area (Å²) in [5.41, 5.74) is 9.78. The Labute approximate surface area is 107 Å². The van der Waals surface area contributed by atoms with Crippen LogP contribution in [0.25, 0.3) is 0 Å². The molecule has 1 rings (SSSR count). The molecule has 0 radical (unpaired) electrons. The average Bonchev–Trinajstić information content (AvgIpc) is 2.42. The molecule has 0 aromatic carbocycles. The molecular formula is C12H20N2O4. The van der Waals surface area contributed by atoms with Crippen LogP contribution in [-0.2, 0) is 19.0 Å². The fourth-order valence-corrected chi connectivity index (χ4v) is 1.71. The van der Waals surface area contributed by atoms with Crippen LogP contribution >= 0.6 is 0 Å². The average molecular weight is 256 g/mol. The minimum absolute atomic E-state index is 0.251. The highest BCUT2D eigenvalue weighted by Gasteiger charge is 2.28. The third-order valence-corrected chi connectivity index (χ3v) is 2.65. The molecule has 0 bridgehead atoms. The number of hydroxylamine groups is 1. The zero-order valence-electron chi connectivity index (χ0n) is 11.1. The second kappa shape index (κ2) is 7.05. The van der Waals surface area contributed by atoms with Gasteiger partial charge in [-0.05, 0) is 12.2 Å². The first-order valence-electron chi connectivity index (χ1n) is 5.45. The molecule has 6 nitrogen and oxygen atoms in total. The van der Waals surface area contributed by atoms with E-state index in [2.05, 4.69) is 5.48 Å². The Kier molecular flexibility index (Phi) is 5.70. The normalized spacial score (nSPS) is 24.3. The number of methoxy groups -OCH3 is 3. The molecule has 102 valence electrons. The van der Waals surface area contributed by atoms with Gasteiger partial charge in [0.1, 0.15) is 18.0 Å². The Morgan fingerprint density at radius 2 is 2.00 bits per heavy atom. The van der Waals surface area contributed by atoms with Crippen LogP contribution in [0, 0.1) is 0 Å². The summed E-state index contributed by atoms with van der Waals surface area (Å²) in [4.78, 5) is 4.71. The maximum absolute atomic E-state index is 5.91. The van der Waals surface area contributed by atoms with Crippen LogP contribution in [0.1, 0.15) is 0 Å². The van der Waals surface area contributed by atoms with E-state index in [-0.39, 0.29) is 12.2 Å². The summed E-state index contributed by atoms with van der Waals surface area (Å²) in [6, 6.07) is 0. The molecule has 2 atom stereocenters. The van der Waals surface area contributed by atoms with Gasteiger partial charge in [0, 0.05) is 26.0 Å². The van der Waals surface area contributed by atoms with E-state index in [0.29, 0.717) is 11.5 Å². The van der Waals surface area contributed by atoms with Crippen molar-refractivity contribution in [1.29, 1.82) is 0 Å². The summed E-state index contributed by atoms with van der Waals surface area (Å²) in [6.07, 6.45) is 4.72. The van der Waals surface area contributed by atoms with Crippen molar-refractivity contribution in [1.82, 2.24) is 5.48 Å². The van der Waals surface area contributed by atoms with Gasteiger partial charge in [0.2, 0.25) is 0 Å². The minimum Gasteiger partial charge on any atom is -0.498 e. The lowest BCUT2D eigenvalue weighted by Crippen LogP contribution is -2.34. The first-order valence-corrected chi connectivity index (χ1v) is 5.45. The van der Waals surface area contributed by atoms with E-state index < -0.39 is 0 Å². The summed E-state index contributed by atoms with van der Waals surface area (Å²) in [5.74, 6) is 0.663. The quantitative estimate of drug-likeness (QED) is 0.672. The zero-order chi connectivity index (χ0) is 13.5. The van der Waals surface area contributed by atoms with Gasteiger partial charge in [0.05, 0.1) is 19.9 Å². The van der Waals surface area contributed by atoms with Crippen molar-refractivity contribution in [3.8, 4) is 0 Å². The number of rotatable bonds is 6. The van der Waals surface area contributed by atoms with E-state index >= 15 is 0 Å². The van der Waals surface area contributed by atoms with Gasteiger partial charge in [-0.15, -0.1) is 0 Å². The Bertz CT molecular complexity index is 363. The van der Waals surface area contributed by atoms with Crippen LogP contribution in [0.5, 0.6) is 0 Å². The summed E-state index contributed by atoms with van der Waals surface area (Å²) < 4.78 is 16.0. The zero-order valence-corrected chi connectivity index (χ0v) is 11.1. The van der Waals surface area contributed by atoms with Gasteiger partial charge in [-0.1, -0.05) is 0 Å². The lowest BCUT2D eigenvalue weighted by Gasteiger charge is -2.28. The van der Waals surface area contributed by atoms with Crippen molar-refractivity contribution >= 4 is 0 Å². The molecule has 0 aromatic heterocycles. The minimum atomic E-state index is -0.271. The van der Waals surface area contributed by atoms with E-state index in [9.17, 15) is 0 Å². The second-order valence-electron chi connectivity index (χ2n) is 3.65. The monoisotopic (exact) mass is 256 g/mol. The van der Waals surface area contributed by atoms with Gasteiger partial charge in [0.15, 0.2) is 0 Å². The van der Waals surface area contributed by atoms with Gasteiger partial charge < -0.3 is 19.9 Å². The maximum Gasteiger partial charge on any atom is 0.144 e. The summed E-state index contributed by atoms with van der Waals surface area (Å²) in [5, 5.41) is 0. The van der Waals surface area contributed by atoms with Gasteiger partial charge >= 0.3 is 0 Å². The van der Waals surface area contributed by atoms with Crippen molar-refractivity contribution in [2.45, 2.75) is 12.2 Å². The standard InChI is InChI=1S/C12H20N2O4/c1-15-10-5-8(9(13)7-14-18-4)6-11(16-2)12(10)17-3/h5-7,10,12,14H,13H2,1-4H3/b9-7-. The second-order valence-corrected chi connectivity index (χ2v) is 3.65. The summed E-state index contributed by atoms with van der Waals surface area (Å²) in [6.45, 7) is 0. The Hall–Kier alpha value is -1.50. The molecule has 0 fully saturated rings. The smallest absolute Gasteiger partial charge is 0.144 e. The van der Waals surface area contributed by atoms with Crippen LogP contribution in [0.15, 0.2) is 35.4 Å². The molecule has 3 N–H and O–H groups in total. The van der Waals surface area contributed by atoms with Crippen molar-refractivity contribution in [3.05, 3.63) is 35.4 Å². The molecule has 6 heteroatoms. The molecule has 0 amide bonds. The number of hydrogen-bond acceptors (Lipinski definition) is 6. The molecule has 0 heterocycles. The van der Waals surface area contributed by atoms with E-state index in [1.807, 2.05) is 12.2 Å². The highest BCUT2D eigenvalue weighted by atomic mass is 16.6. The maximum atomic E-state index is 5.91. The molecule has 2 unspecified atom stereocenters. The van der Waals surface area contributed by atoms with Gasteiger partial charge in [-0.2, -0.15) is 0 Å². The van der Waals surface area contributed by atoms with Gasteiger partial charge in [-0.25, -0.2) is 0 Å². The van der Waals surface area contributed by atoms with Gasteiger partial charge in [0.25, 0.3) is 0 Å². The van der Waals surface area contributed by atoms with Crippen molar-refractivity contribution < 1.29 is 19.0 Å². The van der Waals surface area contributed by atoms with Crippen LogP contribution in [0.2, 0.25) is 0 Å². The molecular weight excluding hydrogens is 236 g/mol. The van der Waals surface area contributed by atoms with E-state index in [1.54, 1.807) is 27.5 Å². The van der Waals surface area contributed by atoms with Crippen molar-refractivity contribution in [2.75, 3.05) is 28.4 Å². The van der Waals surface area contributed by atoms with Gasteiger partial charge in [-0.3, -0.25) is 10.3 Å². The number of nitrogens with one attached hydrogen (secondary N) is 1. The van der Waals surface area contributed by atoms with Crippen molar-refractivity contribution in [2.24, 2.45) is 5.73 Å². The number of allylic oxidation sites excluding steroid dienone is 1. The van der Waals surface area contributed by atoms with Crippen LogP contribution in [0.4, 0.5) is 0 Å². The Morgan fingerprint density at radius 1 is 1.28 bits per heavy atom. The van der Waals surface area contributed by atoms with Crippen molar-refractivity contribution in [3.63, 3.8) is 0 Å². The molecule has 1 aliphatic rings. The lowest BCUT2D eigenvalue weighted by molar-refractivity contribution is -0.0188. The molecule has 0 saturated heterocycles. The topological polar surface area (TPSA) is 75.0 Å². The predicted octanol–water partition coefficient (Wildman–Crippen LogP) is 0.438. The Morgan fingerprint density at radius 3 is 2.50 bits per heavy atom. The largest absolute Gasteiger partial charge is 0.498 e. The summed E-state index contributed by atoms with van der Waals surface area (Å²) in [7, 11) is 6.31. The molecule has 1 aliphatic carbocycles. The van der Waals surface area contributed by atoms with E-state index in [1.165, 1.54) is 7.11 Å². The first kappa shape index (κ1) is 14.6. The first-order chi connectivity index (χ1) is 8.67. The fourth-order valence-electron chi connectivity index (χ4n) is 1.71. The van der Waals surface area contributed by atoms with Crippen LogP contribution in [0.3, 0.4) is 0 Å². The molecule has 0 spiro atoms. The third-order valence-electron chi connectivity index (χ3n) is 2.65. The lowest BCUT2D eigenvalue weighted by atomic mass is 9.98. The predicted molar refractivity (Wildman–Crippen MR) is 67.2 cm³/mol.